The molecule has 5 rings (SSSR count). The van der Waals surface area contributed by atoms with Crippen LogP contribution in [0.25, 0.3) is 10.8 Å². The highest BCUT2D eigenvalue weighted by molar-refractivity contribution is 7.92. The van der Waals surface area contributed by atoms with E-state index in [1.807, 2.05) is 25.1 Å². The average Bonchev–Trinajstić information content (AvgIpc) is 3.33. The summed E-state index contributed by atoms with van der Waals surface area (Å²) in [7, 11) is -2.60. The van der Waals surface area contributed by atoms with Crippen LogP contribution < -0.4 is 14.5 Å². The molecule has 4 aromatic carbocycles. The van der Waals surface area contributed by atoms with Crippen molar-refractivity contribution in [3.63, 3.8) is 0 Å². The lowest BCUT2D eigenvalue weighted by Gasteiger charge is -2.25. The number of methoxy groups -OCH3 is 1. The molecular weight excluding hydrogens is 486 g/mol. The number of ether oxygens (including phenoxy) is 1. The molecule has 1 N–H and O–H groups in total. The minimum absolute atomic E-state index is 0.0720. The molecule has 188 valence electrons. The molecular formula is C29H27N3O4S. The number of nitrogens with one attached hydrogen (secondary N) is 1. The van der Waals surface area contributed by atoms with Gasteiger partial charge in [0.2, 0.25) is 0 Å². The highest BCUT2D eigenvalue weighted by atomic mass is 32.2. The summed E-state index contributed by atoms with van der Waals surface area (Å²) >= 11 is 0. The summed E-state index contributed by atoms with van der Waals surface area (Å²) in [4.78, 5) is 13.1. The van der Waals surface area contributed by atoms with Crippen molar-refractivity contribution in [1.29, 1.82) is 0 Å². The van der Waals surface area contributed by atoms with E-state index < -0.39 is 22.5 Å². The van der Waals surface area contributed by atoms with E-state index in [2.05, 4.69) is 28.7 Å². The number of benzene rings is 4. The Morgan fingerprint density at radius 2 is 1.76 bits per heavy atom. The van der Waals surface area contributed by atoms with E-state index >= 15 is 0 Å². The van der Waals surface area contributed by atoms with Crippen LogP contribution in [-0.2, 0) is 27.7 Å². The predicted octanol–water partition coefficient (Wildman–Crippen LogP) is 4.60. The van der Waals surface area contributed by atoms with Gasteiger partial charge in [0.1, 0.15) is 12.3 Å². The van der Waals surface area contributed by atoms with Gasteiger partial charge in [-0.05, 0) is 71.5 Å². The maximum absolute atomic E-state index is 13.6. The molecule has 0 aromatic heterocycles. The molecule has 4 aromatic rings. The monoisotopic (exact) mass is 513 g/mol. The van der Waals surface area contributed by atoms with Crippen molar-refractivity contribution in [2.45, 2.75) is 24.7 Å². The van der Waals surface area contributed by atoms with Gasteiger partial charge in [0.15, 0.2) is 0 Å². The van der Waals surface area contributed by atoms with Gasteiger partial charge < -0.3 is 4.74 Å². The Balaban J connectivity index is 1.43. The fourth-order valence-electron chi connectivity index (χ4n) is 4.74. The van der Waals surface area contributed by atoms with Gasteiger partial charge in [-0.15, -0.1) is 0 Å². The molecule has 37 heavy (non-hydrogen) atoms. The maximum Gasteiger partial charge on any atom is 0.264 e. The fraction of sp³-hybridized carbons (Fsp3) is 0.172. The minimum Gasteiger partial charge on any atom is -0.495 e. The fourth-order valence-corrected chi connectivity index (χ4v) is 6.18. The molecule has 1 aliphatic rings. The van der Waals surface area contributed by atoms with Crippen molar-refractivity contribution >= 4 is 38.6 Å². The van der Waals surface area contributed by atoms with Gasteiger partial charge >= 0.3 is 0 Å². The molecule has 0 saturated heterocycles. The molecule has 1 amide bonds. The number of anilines is 1. The standard InChI is InChI=1S/C29H27N3O4S/c1-20-11-16-27(36-2)26(17-20)32(37(34,35)24-8-4-3-5-9-24)19-28(33)31-30-18-23-15-14-22-13-12-21-7-6-10-25(23)29(21)22/h3-11,14-18H,12-13,19H2,1-2H3,(H,31,33)/b30-18-. The van der Waals surface area contributed by atoms with E-state index in [-0.39, 0.29) is 10.6 Å². The van der Waals surface area contributed by atoms with Crippen molar-refractivity contribution in [1.82, 2.24) is 5.43 Å². The van der Waals surface area contributed by atoms with E-state index in [9.17, 15) is 13.2 Å². The van der Waals surface area contributed by atoms with Crippen LogP contribution in [0.5, 0.6) is 5.75 Å². The molecule has 0 aliphatic heterocycles. The number of rotatable bonds is 8. The van der Waals surface area contributed by atoms with Gasteiger partial charge in [-0.3, -0.25) is 9.10 Å². The lowest BCUT2D eigenvalue weighted by atomic mass is 10.0. The van der Waals surface area contributed by atoms with Crippen LogP contribution in [0.3, 0.4) is 0 Å². The highest BCUT2D eigenvalue weighted by Crippen LogP contribution is 2.34. The molecule has 0 heterocycles. The lowest BCUT2D eigenvalue weighted by Crippen LogP contribution is -2.39. The molecule has 7 nitrogen and oxygen atoms in total. The predicted molar refractivity (Wildman–Crippen MR) is 146 cm³/mol. The van der Waals surface area contributed by atoms with Crippen LogP contribution in [0, 0.1) is 6.92 Å². The first kappa shape index (κ1) is 24.5. The Kier molecular flexibility index (Phi) is 6.67. The Morgan fingerprint density at radius 1 is 1.00 bits per heavy atom. The molecule has 0 fully saturated rings. The van der Waals surface area contributed by atoms with E-state index in [0.717, 1.165) is 33.7 Å². The van der Waals surface area contributed by atoms with E-state index in [1.165, 1.54) is 35.8 Å². The normalized spacial score (nSPS) is 12.7. The largest absolute Gasteiger partial charge is 0.495 e. The maximum atomic E-state index is 13.6. The topological polar surface area (TPSA) is 88.1 Å². The van der Waals surface area contributed by atoms with Gasteiger partial charge in [-0.1, -0.05) is 54.6 Å². The van der Waals surface area contributed by atoms with E-state index in [4.69, 9.17) is 4.74 Å². The molecule has 8 heteroatoms. The van der Waals surface area contributed by atoms with Crippen LogP contribution >= 0.6 is 0 Å². The third-order valence-corrected chi connectivity index (χ3v) is 8.30. The van der Waals surface area contributed by atoms with Crippen molar-refractivity contribution < 1.29 is 17.9 Å². The van der Waals surface area contributed by atoms with Crippen LogP contribution in [0.1, 0.15) is 22.3 Å². The van der Waals surface area contributed by atoms with E-state index in [0.29, 0.717) is 5.75 Å². The van der Waals surface area contributed by atoms with Crippen molar-refractivity contribution in [3.8, 4) is 5.75 Å². The highest BCUT2D eigenvalue weighted by Gasteiger charge is 2.29. The Labute approximate surface area is 216 Å². The van der Waals surface area contributed by atoms with Crippen molar-refractivity contribution in [2.24, 2.45) is 5.10 Å². The smallest absolute Gasteiger partial charge is 0.264 e. The van der Waals surface area contributed by atoms with Gasteiger partial charge in [0.25, 0.3) is 15.9 Å². The second-order valence-corrected chi connectivity index (χ2v) is 10.8. The molecule has 0 spiro atoms. The summed E-state index contributed by atoms with van der Waals surface area (Å²) in [5.41, 5.74) is 7.13. The summed E-state index contributed by atoms with van der Waals surface area (Å²) in [6.45, 7) is 1.37. The minimum atomic E-state index is -4.07. The average molecular weight is 514 g/mol. The lowest BCUT2D eigenvalue weighted by molar-refractivity contribution is -0.119. The summed E-state index contributed by atoms with van der Waals surface area (Å²) in [5, 5.41) is 6.50. The number of amides is 1. The first-order chi connectivity index (χ1) is 17.9. The molecule has 0 atom stereocenters. The number of aryl methyl sites for hydroxylation is 3. The van der Waals surface area contributed by atoms with E-state index in [1.54, 1.807) is 36.5 Å². The molecule has 0 unspecified atom stereocenters. The second kappa shape index (κ2) is 10.1. The zero-order chi connectivity index (χ0) is 26.0. The third-order valence-electron chi connectivity index (χ3n) is 6.52. The Hall–Kier alpha value is -4.17. The Bertz CT molecular complexity index is 1610. The first-order valence-corrected chi connectivity index (χ1v) is 13.4. The molecule has 0 radical (unpaired) electrons. The molecule has 0 saturated carbocycles. The number of hydrogen-bond acceptors (Lipinski definition) is 5. The molecule has 0 bridgehead atoms. The first-order valence-electron chi connectivity index (χ1n) is 12.0. The number of carbonyl (C=O) groups excluding carboxylic acids is 1. The van der Waals surface area contributed by atoms with Crippen LogP contribution in [0.15, 0.2) is 88.9 Å². The van der Waals surface area contributed by atoms with Crippen molar-refractivity contribution in [2.75, 3.05) is 18.0 Å². The number of hydrogen-bond donors (Lipinski definition) is 1. The van der Waals surface area contributed by atoms with Gasteiger partial charge in [0, 0.05) is 5.56 Å². The molecule has 1 aliphatic carbocycles. The Morgan fingerprint density at radius 3 is 2.51 bits per heavy atom. The van der Waals surface area contributed by atoms with Crippen molar-refractivity contribution in [3.05, 3.63) is 101 Å². The SMILES string of the molecule is COc1ccc(C)cc1N(CC(=O)N/N=C\c1ccc2c3c(cccc13)CC2)S(=O)(=O)c1ccccc1. The summed E-state index contributed by atoms with van der Waals surface area (Å²) in [6, 6.07) is 23.5. The summed E-state index contributed by atoms with van der Waals surface area (Å²) < 4.78 is 33.7. The van der Waals surface area contributed by atoms with Crippen LogP contribution in [0.2, 0.25) is 0 Å². The zero-order valence-corrected chi connectivity index (χ0v) is 21.5. The van der Waals surface area contributed by atoms with Crippen LogP contribution in [0.4, 0.5) is 5.69 Å². The quantitative estimate of drug-likeness (QED) is 0.276. The van der Waals surface area contributed by atoms with Gasteiger partial charge in [-0.2, -0.15) is 5.10 Å². The zero-order valence-electron chi connectivity index (χ0n) is 20.6. The number of carbonyl (C=O) groups is 1. The number of nitrogens with zero attached hydrogens (tertiary/aromatic N) is 2. The van der Waals surface area contributed by atoms with Crippen LogP contribution in [-0.4, -0.2) is 34.2 Å². The third kappa shape index (κ3) is 4.80. The summed E-state index contributed by atoms with van der Waals surface area (Å²) in [5.74, 6) is -0.237. The number of sulfonamides is 1. The van der Waals surface area contributed by atoms with Gasteiger partial charge in [-0.25, -0.2) is 13.8 Å². The second-order valence-electron chi connectivity index (χ2n) is 8.95. The van der Waals surface area contributed by atoms with Gasteiger partial charge in [0.05, 0.1) is 23.9 Å². The summed E-state index contributed by atoms with van der Waals surface area (Å²) in [6.07, 6.45) is 3.65. The number of hydrazone groups is 1.